The fourth-order valence-corrected chi connectivity index (χ4v) is 3.64. The molecule has 6 heteroatoms. The molecule has 24 heavy (non-hydrogen) atoms. The molecule has 1 aliphatic carbocycles. The molecule has 1 saturated carbocycles. The van der Waals surface area contributed by atoms with Crippen molar-refractivity contribution in [2.75, 3.05) is 11.9 Å². The lowest BCUT2D eigenvalue weighted by Crippen LogP contribution is -2.25. The van der Waals surface area contributed by atoms with Crippen LogP contribution in [-0.2, 0) is 11.2 Å². The SMILES string of the molecule is Cc1cc(NC(=O)C2CC2)sc1C(=O)NCCc1cccc(Cl)c1. The van der Waals surface area contributed by atoms with Gasteiger partial charge in [0.25, 0.3) is 5.91 Å². The minimum absolute atomic E-state index is 0.0594. The summed E-state index contributed by atoms with van der Waals surface area (Å²) in [6.45, 7) is 2.43. The van der Waals surface area contributed by atoms with E-state index in [-0.39, 0.29) is 17.7 Å². The molecule has 2 amide bonds. The highest BCUT2D eigenvalue weighted by Gasteiger charge is 2.30. The van der Waals surface area contributed by atoms with E-state index < -0.39 is 0 Å². The monoisotopic (exact) mass is 362 g/mol. The summed E-state index contributed by atoms with van der Waals surface area (Å²) in [4.78, 5) is 24.8. The number of amides is 2. The van der Waals surface area contributed by atoms with Crippen LogP contribution >= 0.6 is 22.9 Å². The third-order valence-electron chi connectivity index (χ3n) is 3.91. The number of thiophene rings is 1. The van der Waals surface area contributed by atoms with Gasteiger partial charge >= 0.3 is 0 Å². The summed E-state index contributed by atoms with van der Waals surface area (Å²) < 4.78 is 0. The summed E-state index contributed by atoms with van der Waals surface area (Å²) in [5.74, 6) is 0.109. The first-order valence-electron chi connectivity index (χ1n) is 7.97. The molecule has 1 heterocycles. The average molecular weight is 363 g/mol. The Morgan fingerprint density at radius 1 is 1.29 bits per heavy atom. The quantitative estimate of drug-likeness (QED) is 0.815. The van der Waals surface area contributed by atoms with E-state index in [4.69, 9.17) is 11.6 Å². The first-order chi connectivity index (χ1) is 11.5. The summed E-state index contributed by atoms with van der Waals surface area (Å²) >= 11 is 7.28. The predicted molar refractivity (Wildman–Crippen MR) is 97.9 cm³/mol. The van der Waals surface area contributed by atoms with Gasteiger partial charge in [0, 0.05) is 17.5 Å². The average Bonchev–Trinajstić information content (AvgIpc) is 3.32. The van der Waals surface area contributed by atoms with E-state index in [1.54, 1.807) is 0 Å². The van der Waals surface area contributed by atoms with Gasteiger partial charge < -0.3 is 10.6 Å². The lowest BCUT2D eigenvalue weighted by molar-refractivity contribution is -0.117. The van der Waals surface area contributed by atoms with Gasteiger partial charge in [-0.1, -0.05) is 23.7 Å². The van der Waals surface area contributed by atoms with E-state index in [2.05, 4.69) is 10.6 Å². The van der Waals surface area contributed by atoms with Crippen LogP contribution in [0.25, 0.3) is 0 Å². The van der Waals surface area contributed by atoms with Gasteiger partial charge in [0.15, 0.2) is 0 Å². The van der Waals surface area contributed by atoms with Crippen LogP contribution in [0, 0.1) is 12.8 Å². The normalized spacial score (nSPS) is 13.6. The number of nitrogens with one attached hydrogen (secondary N) is 2. The number of aryl methyl sites for hydroxylation is 1. The fourth-order valence-electron chi connectivity index (χ4n) is 2.43. The molecule has 2 aromatic rings. The van der Waals surface area contributed by atoms with Crippen molar-refractivity contribution in [3.05, 3.63) is 51.4 Å². The molecule has 2 N–H and O–H groups in total. The largest absolute Gasteiger partial charge is 0.351 e. The zero-order valence-corrected chi connectivity index (χ0v) is 15.0. The summed E-state index contributed by atoms with van der Waals surface area (Å²) in [6.07, 6.45) is 2.65. The molecule has 1 fully saturated rings. The molecule has 0 unspecified atom stereocenters. The van der Waals surface area contributed by atoms with Crippen molar-refractivity contribution in [3.8, 4) is 0 Å². The smallest absolute Gasteiger partial charge is 0.261 e. The predicted octanol–water partition coefficient (Wildman–Crippen LogP) is 4.03. The Morgan fingerprint density at radius 3 is 2.79 bits per heavy atom. The maximum Gasteiger partial charge on any atom is 0.261 e. The van der Waals surface area contributed by atoms with E-state index in [1.807, 2.05) is 37.3 Å². The van der Waals surface area contributed by atoms with Crippen molar-refractivity contribution in [2.24, 2.45) is 5.92 Å². The van der Waals surface area contributed by atoms with Crippen molar-refractivity contribution < 1.29 is 9.59 Å². The molecule has 1 aromatic heterocycles. The topological polar surface area (TPSA) is 58.2 Å². The number of rotatable bonds is 6. The second-order valence-corrected chi connectivity index (χ2v) is 7.51. The highest BCUT2D eigenvalue weighted by molar-refractivity contribution is 7.18. The van der Waals surface area contributed by atoms with E-state index in [9.17, 15) is 9.59 Å². The Labute approximate surface area is 150 Å². The minimum Gasteiger partial charge on any atom is -0.351 e. The van der Waals surface area contributed by atoms with Crippen LogP contribution in [0.15, 0.2) is 30.3 Å². The van der Waals surface area contributed by atoms with Crippen LogP contribution in [0.5, 0.6) is 0 Å². The molecule has 1 aliphatic rings. The van der Waals surface area contributed by atoms with Gasteiger partial charge in [0.05, 0.1) is 9.88 Å². The number of anilines is 1. The number of hydrogen-bond donors (Lipinski definition) is 2. The number of benzene rings is 1. The Bertz CT molecular complexity index is 768. The summed E-state index contributed by atoms with van der Waals surface area (Å²) in [6, 6.07) is 9.47. The minimum atomic E-state index is -0.105. The van der Waals surface area contributed by atoms with Gasteiger partial charge in [-0.05, 0) is 55.5 Å². The second kappa shape index (κ2) is 7.36. The molecule has 0 atom stereocenters. The molecule has 4 nitrogen and oxygen atoms in total. The Kier molecular flexibility index (Phi) is 5.21. The highest BCUT2D eigenvalue weighted by atomic mass is 35.5. The maximum absolute atomic E-state index is 12.3. The van der Waals surface area contributed by atoms with Gasteiger partial charge in [-0.2, -0.15) is 0 Å². The van der Waals surface area contributed by atoms with E-state index >= 15 is 0 Å². The van der Waals surface area contributed by atoms with Crippen molar-refractivity contribution >= 4 is 39.8 Å². The number of halogens is 1. The van der Waals surface area contributed by atoms with Crippen LogP contribution in [-0.4, -0.2) is 18.4 Å². The van der Waals surface area contributed by atoms with E-state index in [0.717, 1.165) is 35.4 Å². The van der Waals surface area contributed by atoms with Gasteiger partial charge in [-0.15, -0.1) is 11.3 Å². The Hall–Kier alpha value is -1.85. The highest BCUT2D eigenvalue weighted by Crippen LogP contribution is 2.32. The molecule has 1 aromatic carbocycles. The fraction of sp³-hybridized carbons (Fsp3) is 0.333. The molecule has 3 rings (SSSR count). The molecular weight excluding hydrogens is 344 g/mol. The molecule has 0 saturated heterocycles. The van der Waals surface area contributed by atoms with Crippen LogP contribution in [0.3, 0.4) is 0 Å². The summed E-state index contributed by atoms with van der Waals surface area (Å²) in [5, 5.41) is 7.26. The molecule has 0 spiro atoms. The first kappa shape index (κ1) is 17.0. The summed E-state index contributed by atoms with van der Waals surface area (Å²) in [5.41, 5.74) is 1.97. The first-order valence-corrected chi connectivity index (χ1v) is 9.16. The lowest BCUT2D eigenvalue weighted by Gasteiger charge is -2.05. The van der Waals surface area contributed by atoms with Crippen LogP contribution in [0.4, 0.5) is 5.00 Å². The number of carbonyl (C=O) groups is 2. The van der Waals surface area contributed by atoms with Crippen molar-refractivity contribution in [1.82, 2.24) is 5.32 Å². The van der Waals surface area contributed by atoms with Crippen LogP contribution < -0.4 is 10.6 Å². The Morgan fingerprint density at radius 2 is 2.08 bits per heavy atom. The van der Waals surface area contributed by atoms with Crippen LogP contribution in [0.1, 0.15) is 33.6 Å². The third-order valence-corrected chi connectivity index (χ3v) is 5.29. The second-order valence-electron chi connectivity index (χ2n) is 6.02. The number of carbonyl (C=O) groups excluding carboxylic acids is 2. The molecular formula is C18H19ClN2O2S. The Balaban J connectivity index is 1.54. The van der Waals surface area contributed by atoms with E-state index in [0.29, 0.717) is 16.4 Å². The molecule has 0 bridgehead atoms. The van der Waals surface area contributed by atoms with Crippen molar-refractivity contribution in [2.45, 2.75) is 26.2 Å². The standard InChI is InChI=1S/C18H19ClN2O2S/c1-11-9-15(21-17(22)13-5-6-13)24-16(11)18(23)20-8-7-12-3-2-4-14(19)10-12/h2-4,9-10,13H,5-8H2,1H3,(H,20,23)(H,21,22). The van der Waals surface area contributed by atoms with Gasteiger partial charge in [0.2, 0.25) is 5.91 Å². The number of hydrogen-bond acceptors (Lipinski definition) is 3. The zero-order chi connectivity index (χ0) is 17.1. The molecule has 126 valence electrons. The zero-order valence-electron chi connectivity index (χ0n) is 13.4. The summed E-state index contributed by atoms with van der Waals surface area (Å²) in [7, 11) is 0. The lowest BCUT2D eigenvalue weighted by atomic mass is 10.1. The van der Waals surface area contributed by atoms with Crippen LogP contribution in [0.2, 0.25) is 5.02 Å². The third kappa shape index (κ3) is 4.36. The van der Waals surface area contributed by atoms with Crippen molar-refractivity contribution in [3.63, 3.8) is 0 Å². The maximum atomic E-state index is 12.3. The van der Waals surface area contributed by atoms with Gasteiger partial charge in [-0.3, -0.25) is 9.59 Å². The van der Waals surface area contributed by atoms with Gasteiger partial charge in [-0.25, -0.2) is 0 Å². The van der Waals surface area contributed by atoms with E-state index in [1.165, 1.54) is 11.3 Å². The molecule has 0 radical (unpaired) electrons. The van der Waals surface area contributed by atoms with Crippen molar-refractivity contribution in [1.29, 1.82) is 0 Å². The molecule has 0 aliphatic heterocycles. The van der Waals surface area contributed by atoms with Gasteiger partial charge in [0.1, 0.15) is 0 Å².